The second-order valence-corrected chi connectivity index (χ2v) is 18.8. The first-order valence-electron chi connectivity index (χ1n) is 26.4. The highest BCUT2D eigenvalue weighted by Crippen LogP contribution is 2.23. The monoisotopic (exact) mass is 850 g/mol. The second-order valence-electron chi connectivity index (χ2n) is 18.8. The summed E-state index contributed by atoms with van der Waals surface area (Å²) in [4.78, 5) is 39.5. The predicted octanol–water partition coefficient (Wildman–Crippen LogP) is 15.7. The van der Waals surface area contributed by atoms with Crippen LogP contribution in [0.1, 0.15) is 272 Å². The standard InChI is InChI=1S/C53H103NO6/c1-7-11-25-34-48(35-26-12-8-2)43-46-58-51(55)40-31-23-19-15-17-21-29-38-50(60-53(57)42-33-45-54(5)6)39-30-22-18-16-20-24-32-41-52(56)59-47-44-49(36-27-13-9-3)37-28-14-10-4/h48-50H,7-47H2,1-6H3. The SMILES string of the molecule is CCCCCC(CCCCC)CCOC(=O)CCCCCCCCCC(CCCCCCCCCC(=O)OCCC(CCCCC)CCCCC)OC(=O)CCCN(C)C. The lowest BCUT2D eigenvalue weighted by atomic mass is 9.92. The minimum Gasteiger partial charge on any atom is -0.466 e. The molecule has 0 saturated heterocycles. The van der Waals surface area contributed by atoms with Crippen molar-refractivity contribution < 1.29 is 28.6 Å². The lowest BCUT2D eigenvalue weighted by molar-refractivity contribution is -0.150. The average Bonchev–Trinajstić information content (AvgIpc) is 3.22. The van der Waals surface area contributed by atoms with Gasteiger partial charge in [-0.3, -0.25) is 14.4 Å². The highest BCUT2D eigenvalue weighted by Gasteiger charge is 2.15. The zero-order valence-corrected chi connectivity index (χ0v) is 41.1. The first-order chi connectivity index (χ1) is 29.2. The molecule has 0 aliphatic heterocycles. The van der Waals surface area contributed by atoms with E-state index in [-0.39, 0.29) is 24.0 Å². The third kappa shape index (κ3) is 41.7. The molecule has 0 N–H and O–H groups in total. The van der Waals surface area contributed by atoms with Gasteiger partial charge in [-0.1, -0.05) is 195 Å². The van der Waals surface area contributed by atoms with E-state index in [0.717, 1.165) is 90.0 Å². The fourth-order valence-corrected chi connectivity index (χ4v) is 8.52. The van der Waals surface area contributed by atoms with E-state index in [1.807, 2.05) is 14.1 Å². The van der Waals surface area contributed by atoms with Crippen LogP contribution in [0.3, 0.4) is 0 Å². The van der Waals surface area contributed by atoms with E-state index in [4.69, 9.17) is 14.2 Å². The van der Waals surface area contributed by atoms with Crippen molar-refractivity contribution in [1.82, 2.24) is 4.90 Å². The van der Waals surface area contributed by atoms with E-state index < -0.39 is 0 Å². The first kappa shape index (κ1) is 58.4. The predicted molar refractivity (Wildman–Crippen MR) is 255 cm³/mol. The molecule has 7 nitrogen and oxygen atoms in total. The molecule has 0 aromatic carbocycles. The lowest BCUT2D eigenvalue weighted by Crippen LogP contribution is -2.20. The molecule has 0 amide bonds. The third-order valence-electron chi connectivity index (χ3n) is 12.5. The molecule has 0 aliphatic carbocycles. The maximum Gasteiger partial charge on any atom is 0.306 e. The van der Waals surface area contributed by atoms with E-state index in [2.05, 4.69) is 32.6 Å². The summed E-state index contributed by atoms with van der Waals surface area (Å²) in [5, 5.41) is 0. The van der Waals surface area contributed by atoms with Gasteiger partial charge in [-0.15, -0.1) is 0 Å². The van der Waals surface area contributed by atoms with Gasteiger partial charge in [0.15, 0.2) is 0 Å². The molecule has 356 valence electrons. The molecular formula is C53H103NO6. The molecule has 60 heavy (non-hydrogen) atoms. The number of hydrogen-bond donors (Lipinski definition) is 0. The van der Waals surface area contributed by atoms with Gasteiger partial charge in [-0.05, 0) is 90.3 Å². The minimum absolute atomic E-state index is 0.0168. The summed E-state index contributed by atoms with van der Waals surface area (Å²) in [6.45, 7) is 11.1. The highest BCUT2D eigenvalue weighted by atomic mass is 16.5. The summed E-state index contributed by atoms with van der Waals surface area (Å²) in [7, 11) is 4.08. The van der Waals surface area contributed by atoms with Crippen LogP contribution in [-0.2, 0) is 28.6 Å². The molecule has 0 radical (unpaired) electrons. The van der Waals surface area contributed by atoms with Crippen molar-refractivity contribution in [3.05, 3.63) is 0 Å². The number of carbonyl (C=O) groups is 3. The van der Waals surface area contributed by atoms with Crippen LogP contribution in [0.2, 0.25) is 0 Å². The maximum absolute atomic E-state index is 12.7. The molecule has 0 aliphatic rings. The third-order valence-corrected chi connectivity index (χ3v) is 12.5. The summed E-state index contributed by atoms with van der Waals surface area (Å²) in [6.07, 6.45) is 42.7. The van der Waals surface area contributed by atoms with Crippen LogP contribution in [0.5, 0.6) is 0 Å². The van der Waals surface area contributed by atoms with Gasteiger partial charge in [0.25, 0.3) is 0 Å². The number of hydrogen-bond acceptors (Lipinski definition) is 7. The number of carbonyl (C=O) groups excluding carboxylic acids is 3. The highest BCUT2D eigenvalue weighted by molar-refractivity contribution is 5.70. The Morgan fingerprint density at radius 3 is 1.03 bits per heavy atom. The second kappa shape index (κ2) is 45.4. The van der Waals surface area contributed by atoms with Gasteiger partial charge in [0.1, 0.15) is 6.10 Å². The van der Waals surface area contributed by atoms with Crippen molar-refractivity contribution in [2.75, 3.05) is 33.9 Å². The summed E-state index contributed by atoms with van der Waals surface area (Å²) in [5.41, 5.74) is 0. The van der Waals surface area contributed by atoms with Crippen LogP contribution in [0.15, 0.2) is 0 Å². The summed E-state index contributed by atoms with van der Waals surface area (Å²) in [5.74, 6) is 1.33. The van der Waals surface area contributed by atoms with Crippen molar-refractivity contribution in [2.45, 2.75) is 278 Å². The smallest absolute Gasteiger partial charge is 0.306 e. The molecule has 0 aromatic rings. The van der Waals surface area contributed by atoms with Crippen molar-refractivity contribution in [2.24, 2.45) is 11.8 Å². The molecule has 0 bridgehead atoms. The Hall–Kier alpha value is -1.63. The van der Waals surface area contributed by atoms with Gasteiger partial charge in [0.2, 0.25) is 0 Å². The Morgan fingerprint density at radius 2 is 0.683 bits per heavy atom. The molecule has 0 rings (SSSR count). The van der Waals surface area contributed by atoms with Crippen LogP contribution >= 0.6 is 0 Å². The van der Waals surface area contributed by atoms with E-state index in [0.29, 0.717) is 44.3 Å². The minimum atomic E-state index is -0.0450. The Balaban J connectivity index is 4.22. The van der Waals surface area contributed by atoms with Crippen LogP contribution in [0, 0.1) is 11.8 Å². The van der Waals surface area contributed by atoms with Crippen LogP contribution < -0.4 is 0 Å². The van der Waals surface area contributed by atoms with E-state index in [1.165, 1.54) is 141 Å². The van der Waals surface area contributed by atoms with Gasteiger partial charge < -0.3 is 19.1 Å². The van der Waals surface area contributed by atoms with Crippen LogP contribution in [-0.4, -0.2) is 62.8 Å². The van der Waals surface area contributed by atoms with Gasteiger partial charge in [0, 0.05) is 19.3 Å². The summed E-state index contributed by atoms with van der Waals surface area (Å²) in [6, 6.07) is 0. The fourth-order valence-electron chi connectivity index (χ4n) is 8.52. The Morgan fingerprint density at radius 1 is 0.367 bits per heavy atom. The van der Waals surface area contributed by atoms with E-state index >= 15 is 0 Å². The first-order valence-corrected chi connectivity index (χ1v) is 26.4. The van der Waals surface area contributed by atoms with Crippen LogP contribution in [0.25, 0.3) is 0 Å². The zero-order chi connectivity index (χ0) is 44.2. The summed E-state index contributed by atoms with van der Waals surface area (Å²) < 4.78 is 17.3. The Labute approximate surface area is 373 Å². The molecular weight excluding hydrogens is 747 g/mol. The largest absolute Gasteiger partial charge is 0.466 e. The fraction of sp³-hybridized carbons (Fsp3) is 0.943. The lowest BCUT2D eigenvalue weighted by Gasteiger charge is -2.18. The number of unbranched alkanes of at least 4 members (excludes halogenated alkanes) is 20. The molecule has 0 fully saturated rings. The van der Waals surface area contributed by atoms with Crippen molar-refractivity contribution in [3.63, 3.8) is 0 Å². The Bertz CT molecular complexity index is 860. The quantitative estimate of drug-likeness (QED) is 0.0343. The number of ether oxygens (including phenoxy) is 3. The molecule has 0 heterocycles. The normalized spacial score (nSPS) is 11.7. The molecule has 0 atom stereocenters. The van der Waals surface area contributed by atoms with Crippen LogP contribution in [0.4, 0.5) is 0 Å². The molecule has 0 spiro atoms. The van der Waals surface area contributed by atoms with Gasteiger partial charge in [-0.25, -0.2) is 0 Å². The molecule has 0 aromatic heterocycles. The molecule has 0 unspecified atom stereocenters. The van der Waals surface area contributed by atoms with Crippen molar-refractivity contribution >= 4 is 17.9 Å². The molecule has 0 saturated carbocycles. The number of rotatable bonds is 47. The maximum atomic E-state index is 12.7. The topological polar surface area (TPSA) is 82.1 Å². The summed E-state index contributed by atoms with van der Waals surface area (Å²) >= 11 is 0. The average molecular weight is 850 g/mol. The van der Waals surface area contributed by atoms with Gasteiger partial charge >= 0.3 is 17.9 Å². The van der Waals surface area contributed by atoms with Crippen molar-refractivity contribution in [3.8, 4) is 0 Å². The van der Waals surface area contributed by atoms with Gasteiger partial charge in [0.05, 0.1) is 13.2 Å². The van der Waals surface area contributed by atoms with Gasteiger partial charge in [-0.2, -0.15) is 0 Å². The van der Waals surface area contributed by atoms with E-state index in [9.17, 15) is 14.4 Å². The number of esters is 3. The zero-order valence-electron chi connectivity index (χ0n) is 41.1. The number of nitrogens with zero attached hydrogens (tertiary/aromatic N) is 1. The Kier molecular flexibility index (Phi) is 44.2. The van der Waals surface area contributed by atoms with E-state index in [1.54, 1.807) is 0 Å². The molecule has 7 heteroatoms. The van der Waals surface area contributed by atoms with Crippen molar-refractivity contribution in [1.29, 1.82) is 0 Å².